The maximum absolute atomic E-state index is 12.1. The molecule has 1 saturated heterocycles. The van der Waals surface area contributed by atoms with Crippen LogP contribution in [0.5, 0.6) is 0 Å². The van der Waals surface area contributed by atoms with E-state index < -0.39 is 0 Å². The first-order valence-corrected chi connectivity index (χ1v) is 6.71. The first-order chi connectivity index (χ1) is 9.58. The van der Waals surface area contributed by atoms with Gasteiger partial charge in [0.2, 0.25) is 5.91 Å². The van der Waals surface area contributed by atoms with Gasteiger partial charge in [0, 0.05) is 19.2 Å². The molecule has 0 N–H and O–H groups in total. The van der Waals surface area contributed by atoms with E-state index >= 15 is 0 Å². The lowest BCUT2D eigenvalue weighted by atomic mass is 10.1. The molecule has 4 nitrogen and oxygen atoms in total. The van der Waals surface area contributed by atoms with E-state index in [0.29, 0.717) is 18.7 Å². The number of ether oxygens (including phenoxy) is 1. The summed E-state index contributed by atoms with van der Waals surface area (Å²) in [4.78, 5) is 13.9. The molecule has 0 radical (unpaired) electrons. The zero-order chi connectivity index (χ0) is 14.5. The first-order valence-electron chi connectivity index (χ1n) is 6.71. The minimum absolute atomic E-state index is 0.00337. The van der Waals surface area contributed by atoms with Gasteiger partial charge in [-0.15, -0.1) is 0 Å². The Labute approximate surface area is 119 Å². The molecular formula is C16H18N2O2. The monoisotopic (exact) mass is 270 g/mol. The van der Waals surface area contributed by atoms with Crippen LogP contribution in [0.2, 0.25) is 0 Å². The van der Waals surface area contributed by atoms with Gasteiger partial charge in [-0.25, -0.2) is 0 Å². The van der Waals surface area contributed by atoms with E-state index in [1.807, 2.05) is 26.0 Å². The molecule has 1 aliphatic rings. The number of morpholine rings is 1. The van der Waals surface area contributed by atoms with Crippen LogP contribution in [0.1, 0.15) is 25.0 Å². The Morgan fingerprint density at radius 1 is 1.30 bits per heavy atom. The van der Waals surface area contributed by atoms with Crippen molar-refractivity contribution in [1.29, 1.82) is 5.26 Å². The van der Waals surface area contributed by atoms with E-state index in [4.69, 9.17) is 10.00 Å². The van der Waals surface area contributed by atoms with Crippen LogP contribution in [0.3, 0.4) is 0 Å². The predicted molar refractivity (Wildman–Crippen MR) is 76.8 cm³/mol. The molecule has 0 saturated carbocycles. The van der Waals surface area contributed by atoms with Gasteiger partial charge in [0.25, 0.3) is 0 Å². The molecular weight excluding hydrogens is 252 g/mol. The van der Waals surface area contributed by atoms with Gasteiger partial charge in [-0.2, -0.15) is 5.26 Å². The van der Waals surface area contributed by atoms with Crippen molar-refractivity contribution in [1.82, 2.24) is 4.90 Å². The van der Waals surface area contributed by atoms with Gasteiger partial charge in [0.15, 0.2) is 0 Å². The Morgan fingerprint density at radius 2 is 1.90 bits per heavy atom. The normalized spacial score (nSPS) is 22.8. The van der Waals surface area contributed by atoms with Gasteiger partial charge in [0.1, 0.15) is 0 Å². The Balaban J connectivity index is 1.99. The van der Waals surface area contributed by atoms with Crippen molar-refractivity contribution in [3.05, 3.63) is 41.5 Å². The fourth-order valence-electron chi connectivity index (χ4n) is 2.30. The van der Waals surface area contributed by atoms with Gasteiger partial charge in [-0.05, 0) is 37.6 Å². The third-order valence-corrected chi connectivity index (χ3v) is 3.19. The fraction of sp³-hybridized carbons (Fsp3) is 0.375. The number of carbonyl (C=O) groups excluding carboxylic acids is 1. The summed E-state index contributed by atoms with van der Waals surface area (Å²) in [5.41, 5.74) is 1.52. The zero-order valence-corrected chi connectivity index (χ0v) is 11.7. The predicted octanol–water partition coefficient (Wildman–Crippen LogP) is 2.21. The molecule has 0 spiro atoms. The van der Waals surface area contributed by atoms with Crippen molar-refractivity contribution in [2.24, 2.45) is 0 Å². The molecule has 1 amide bonds. The summed E-state index contributed by atoms with van der Waals surface area (Å²) in [5, 5.41) is 8.73. The highest BCUT2D eigenvalue weighted by Gasteiger charge is 2.24. The van der Waals surface area contributed by atoms with Gasteiger partial charge in [-0.3, -0.25) is 4.79 Å². The van der Waals surface area contributed by atoms with Crippen LogP contribution in [0, 0.1) is 11.3 Å². The van der Waals surface area contributed by atoms with E-state index in [1.54, 1.807) is 29.2 Å². The lowest BCUT2D eigenvalue weighted by Crippen LogP contribution is -2.47. The van der Waals surface area contributed by atoms with Gasteiger partial charge in [0.05, 0.1) is 23.8 Å². The minimum Gasteiger partial charge on any atom is -0.372 e. The number of nitrogens with zero attached hydrogens (tertiary/aromatic N) is 2. The molecule has 1 fully saturated rings. The van der Waals surface area contributed by atoms with Crippen molar-refractivity contribution in [2.45, 2.75) is 26.1 Å². The second kappa shape index (κ2) is 6.36. The lowest BCUT2D eigenvalue weighted by Gasteiger charge is -2.34. The molecule has 4 heteroatoms. The molecule has 0 bridgehead atoms. The van der Waals surface area contributed by atoms with Crippen LogP contribution in [0.25, 0.3) is 6.08 Å². The highest BCUT2D eigenvalue weighted by atomic mass is 16.5. The van der Waals surface area contributed by atoms with Gasteiger partial charge in [-0.1, -0.05) is 12.1 Å². The molecule has 20 heavy (non-hydrogen) atoms. The number of amides is 1. The third kappa shape index (κ3) is 3.69. The van der Waals surface area contributed by atoms with Crippen LogP contribution in [0.15, 0.2) is 30.3 Å². The Kier molecular flexibility index (Phi) is 4.54. The van der Waals surface area contributed by atoms with Crippen molar-refractivity contribution in [2.75, 3.05) is 13.1 Å². The van der Waals surface area contributed by atoms with E-state index in [2.05, 4.69) is 6.07 Å². The second-order valence-electron chi connectivity index (χ2n) is 5.07. The molecule has 2 atom stereocenters. The third-order valence-electron chi connectivity index (χ3n) is 3.19. The minimum atomic E-state index is -0.00337. The zero-order valence-electron chi connectivity index (χ0n) is 11.7. The summed E-state index contributed by atoms with van der Waals surface area (Å²) in [6.45, 7) is 5.20. The molecule has 0 aliphatic carbocycles. The molecule has 1 aromatic rings. The lowest BCUT2D eigenvalue weighted by molar-refractivity contribution is -0.137. The number of hydrogen-bond acceptors (Lipinski definition) is 3. The fourth-order valence-corrected chi connectivity index (χ4v) is 2.30. The number of hydrogen-bond donors (Lipinski definition) is 0. The van der Waals surface area contributed by atoms with E-state index in [9.17, 15) is 4.79 Å². The summed E-state index contributed by atoms with van der Waals surface area (Å²) in [5.74, 6) is -0.00337. The van der Waals surface area contributed by atoms with Crippen molar-refractivity contribution < 1.29 is 9.53 Å². The topological polar surface area (TPSA) is 53.3 Å². The largest absolute Gasteiger partial charge is 0.372 e. The summed E-state index contributed by atoms with van der Waals surface area (Å²) in [7, 11) is 0. The van der Waals surface area contributed by atoms with Crippen LogP contribution in [-0.4, -0.2) is 36.1 Å². The summed E-state index contributed by atoms with van der Waals surface area (Å²) >= 11 is 0. The molecule has 2 rings (SSSR count). The van der Waals surface area contributed by atoms with E-state index in [-0.39, 0.29) is 18.1 Å². The van der Waals surface area contributed by atoms with Crippen LogP contribution in [-0.2, 0) is 9.53 Å². The van der Waals surface area contributed by atoms with Crippen LogP contribution >= 0.6 is 0 Å². The number of benzene rings is 1. The molecule has 1 aliphatic heterocycles. The van der Waals surface area contributed by atoms with E-state index in [1.165, 1.54) is 0 Å². The van der Waals surface area contributed by atoms with Crippen LogP contribution in [0.4, 0.5) is 0 Å². The average molecular weight is 270 g/mol. The van der Waals surface area contributed by atoms with Crippen molar-refractivity contribution in [3.63, 3.8) is 0 Å². The summed E-state index contributed by atoms with van der Waals surface area (Å²) < 4.78 is 5.61. The first kappa shape index (κ1) is 14.3. The Bertz CT molecular complexity index is 533. The maximum Gasteiger partial charge on any atom is 0.246 e. The summed E-state index contributed by atoms with van der Waals surface area (Å²) in [6.07, 6.45) is 3.50. The quantitative estimate of drug-likeness (QED) is 0.774. The molecule has 1 aromatic carbocycles. The molecule has 104 valence electrons. The number of rotatable bonds is 2. The molecule has 1 heterocycles. The molecule has 0 unspecified atom stereocenters. The second-order valence-corrected chi connectivity index (χ2v) is 5.07. The van der Waals surface area contributed by atoms with Crippen molar-refractivity contribution >= 4 is 12.0 Å². The SMILES string of the molecule is C[C@@H]1CN(C(=O)/C=C/c2ccc(C#N)cc2)C[C@@H](C)O1. The Morgan fingerprint density at radius 3 is 2.45 bits per heavy atom. The van der Waals surface area contributed by atoms with Gasteiger partial charge >= 0.3 is 0 Å². The highest BCUT2D eigenvalue weighted by molar-refractivity contribution is 5.91. The van der Waals surface area contributed by atoms with E-state index in [0.717, 1.165) is 5.56 Å². The average Bonchev–Trinajstić information content (AvgIpc) is 2.44. The van der Waals surface area contributed by atoms with Gasteiger partial charge < -0.3 is 9.64 Å². The highest BCUT2D eigenvalue weighted by Crippen LogP contribution is 2.12. The summed E-state index contributed by atoms with van der Waals surface area (Å²) in [6, 6.07) is 9.20. The smallest absolute Gasteiger partial charge is 0.246 e. The van der Waals surface area contributed by atoms with Crippen LogP contribution < -0.4 is 0 Å². The molecule has 0 aromatic heterocycles. The number of nitriles is 1. The maximum atomic E-state index is 12.1. The van der Waals surface area contributed by atoms with Crippen molar-refractivity contribution in [3.8, 4) is 6.07 Å². The number of carbonyl (C=O) groups is 1. The standard InChI is InChI=1S/C16H18N2O2/c1-12-10-18(11-13(2)20-12)16(19)8-7-14-3-5-15(9-17)6-4-14/h3-8,12-13H,10-11H2,1-2H3/b8-7+/t12-,13-/m1/s1. The Hall–Kier alpha value is -2.12.